The third kappa shape index (κ3) is 5.17. The summed E-state index contributed by atoms with van der Waals surface area (Å²) < 4.78 is 7.53. The Morgan fingerprint density at radius 3 is 2.58 bits per heavy atom. The van der Waals surface area contributed by atoms with Gasteiger partial charge >= 0.3 is 0 Å². The van der Waals surface area contributed by atoms with Gasteiger partial charge in [-0.2, -0.15) is 0 Å². The summed E-state index contributed by atoms with van der Waals surface area (Å²) in [5, 5.41) is 13.7. The van der Waals surface area contributed by atoms with Crippen molar-refractivity contribution in [3.63, 3.8) is 0 Å². The van der Waals surface area contributed by atoms with Crippen LogP contribution in [0.1, 0.15) is 43.3 Å². The van der Waals surface area contributed by atoms with Crippen LogP contribution in [0.3, 0.4) is 0 Å². The molecule has 1 aliphatic rings. The lowest BCUT2D eigenvalue weighted by atomic mass is 10.0. The fourth-order valence-electron chi connectivity index (χ4n) is 5.00. The number of piperazine rings is 1. The maximum atomic E-state index is 13.5. The Kier molecular flexibility index (Phi) is 7.39. The molecule has 1 fully saturated rings. The van der Waals surface area contributed by atoms with E-state index in [1.807, 2.05) is 54.1 Å². The van der Waals surface area contributed by atoms with E-state index in [9.17, 15) is 4.79 Å². The highest BCUT2D eigenvalue weighted by Gasteiger charge is 2.32. The van der Waals surface area contributed by atoms with Gasteiger partial charge in [-0.05, 0) is 60.1 Å². The second-order valence-electron chi connectivity index (χ2n) is 9.20. The van der Waals surface area contributed by atoms with Crippen LogP contribution in [0.2, 0.25) is 0 Å². The molecule has 36 heavy (non-hydrogen) atoms. The molecule has 0 spiro atoms. The van der Waals surface area contributed by atoms with Crippen molar-refractivity contribution in [1.82, 2.24) is 35.0 Å². The number of hydrogen-bond donors (Lipinski definition) is 1. The Hall–Kier alpha value is -3.56. The largest absolute Gasteiger partial charge is 0.494 e. The molecule has 9 heteroatoms. The molecule has 2 aromatic carbocycles. The van der Waals surface area contributed by atoms with Gasteiger partial charge in [-0.3, -0.25) is 9.69 Å². The van der Waals surface area contributed by atoms with Crippen LogP contribution in [0.4, 0.5) is 0 Å². The van der Waals surface area contributed by atoms with Crippen LogP contribution >= 0.6 is 0 Å². The minimum Gasteiger partial charge on any atom is -0.494 e. The first-order valence-electron chi connectivity index (χ1n) is 12.7. The van der Waals surface area contributed by atoms with Crippen molar-refractivity contribution < 1.29 is 4.74 Å². The maximum absolute atomic E-state index is 13.5. The van der Waals surface area contributed by atoms with E-state index in [1.165, 1.54) is 0 Å². The first-order valence-corrected chi connectivity index (χ1v) is 12.7. The van der Waals surface area contributed by atoms with Gasteiger partial charge in [-0.15, -0.1) is 5.10 Å². The molecule has 3 heterocycles. The van der Waals surface area contributed by atoms with Crippen LogP contribution in [0.25, 0.3) is 10.9 Å². The number of ether oxygens (including phenoxy) is 1. The SMILES string of the molecule is CCCN1CCN([C@H](c2cc3cc(OCC)ccc3[nH]c2=O)c2nnnn2Cc2ccccc2)CC1. The third-order valence-corrected chi connectivity index (χ3v) is 6.74. The monoisotopic (exact) mass is 487 g/mol. The molecule has 1 saturated heterocycles. The number of nitrogens with one attached hydrogen (secondary N) is 1. The Bertz CT molecular complexity index is 1340. The van der Waals surface area contributed by atoms with E-state index in [0.717, 1.165) is 61.4 Å². The van der Waals surface area contributed by atoms with Gasteiger partial charge in [0.25, 0.3) is 5.56 Å². The summed E-state index contributed by atoms with van der Waals surface area (Å²) in [4.78, 5) is 21.3. The van der Waals surface area contributed by atoms with Crippen molar-refractivity contribution in [3.05, 3.63) is 81.9 Å². The molecule has 2 aromatic heterocycles. The number of H-pyrrole nitrogens is 1. The van der Waals surface area contributed by atoms with E-state index >= 15 is 0 Å². The number of fused-ring (bicyclic) bond motifs is 1. The Balaban J connectivity index is 1.57. The smallest absolute Gasteiger partial charge is 0.253 e. The van der Waals surface area contributed by atoms with Crippen LogP contribution in [0.15, 0.2) is 59.4 Å². The summed E-state index contributed by atoms with van der Waals surface area (Å²) in [7, 11) is 0. The standard InChI is InChI=1S/C27H33N7O2/c1-3-12-32-13-15-33(16-14-32)25(26-29-30-31-34(26)19-20-8-6-5-7-9-20)23-18-21-17-22(36-4-2)10-11-24(21)28-27(23)35/h5-11,17-18,25H,3-4,12-16,19H2,1-2H3,(H,28,35)/t25-/m1/s1. The van der Waals surface area contributed by atoms with Gasteiger partial charge in [0.05, 0.1) is 13.2 Å². The quantitative estimate of drug-likeness (QED) is 0.388. The number of tetrazole rings is 1. The highest BCUT2D eigenvalue weighted by molar-refractivity contribution is 5.80. The summed E-state index contributed by atoms with van der Waals surface area (Å²) in [6, 6.07) is 17.5. The molecular weight excluding hydrogens is 454 g/mol. The fraction of sp³-hybridized carbons (Fsp3) is 0.407. The predicted octanol–water partition coefficient (Wildman–Crippen LogP) is 3.08. The van der Waals surface area contributed by atoms with Crippen molar-refractivity contribution in [1.29, 1.82) is 0 Å². The second kappa shape index (κ2) is 11.0. The molecule has 0 unspecified atom stereocenters. The molecule has 4 aromatic rings. The molecule has 0 bridgehead atoms. The van der Waals surface area contributed by atoms with E-state index in [2.05, 4.69) is 49.4 Å². The van der Waals surface area contributed by atoms with Crippen LogP contribution < -0.4 is 10.3 Å². The zero-order chi connectivity index (χ0) is 24.9. The van der Waals surface area contributed by atoms with E-state index in [-0.39, 0.29) is 11.6 Å². The summed E-state index contributed by atoms with van der Waals surface area (Å²) >= 11 is 0. The topological polar surface area (TPSA) is 92.2 Å². The predicted molar refractivity (Wildman–Crippen MR) is 139 cm³/mol. The molecule has 1 atom stereocenters. The van der Waals surface area contributed by atoms with Crippen molar-refractivity contribution in [3.8, 4) is 5.75 Å². The molecule has 0 aliphatic carbocycles. The van der Waals surface area contributed by atoms with E-state index in [0.29, 0.717) is 24.5 Å². The lowest BCUT2D eigenvalue weighted by molar-refractivity contribution is 0.104. The molecule has 188 valence electrons. The van der Waals surface area contributed by atoms with Gasteiger partial charge in [0.1, 0.15) is 11.8 Å². The zero-order valence-corrected chi connectivity index (χ0v) is 20.9. The molecule has 0 amide bonds. The van der Waals surface area contributed by atoms with Crippen LogP contribution in [-0.2, 0) is 6.54 Å². The first-order chi connectivity index (χ1) is 17.7. The van der Waals surface area contributed by atoms with Crippen molar-refractivity contribution >= 4 is 10.9 Å². The number of aromatic nitrogens is 5. The molecule has 0 saturated carbocycles. The summed E-state index contributed by atoms with van der Waals surface area (Å²) in [5.41, 5.74) is 2.40. The fourth-order valence-corrected chi connectivity index (χ4v) is 5.00. The molecule has 9 nitrogen and oxygen atoms in total. The van der Waals surface area contributed by atoms with Gasteiger partial charge in [0.2, 0.25) is 0 Å². The second-order valence-corrected chi connectivity index (χ2v) is 9.20. The third-order valence-electron chi connectivity index (χ3n) is 6.74. The zero-order valence-electron chi connectivity index (χ0n) is 20.9. The number of pyridine rings is 1. The summed E-state index contributed by atoms with van der Waals surface area (Å²) in [6.07, 6.45) is 1.13. The Morgan fingerprint density at radius 2 is 1.83 bits per heavy atom. The number of rotatable bonds is 9. The number of hydrogen-bond acceptors (Lipinski definition) is 7. The normalized spacial score (nSPS) is 15.8. The highest BCUT2D eigenvalue weighted by atomic mass is 16.5. The molecular formula is C27H33N7O2. The molecule has 5 rings (SSSR count). The highest BCUT2D eigenvalue weighted by Crippen LogP contribution is 2.29. The van der Waals surface area contributed by atoms with Crippen LogP contribution in [0, 0.1) is 0 Å². The van der Waals surface area contributed by atoms with Gasteiger partial charge in [0.15, 0.2) is 5.82 Å². The lowest BCUT2D eigenvalue weighted by Gasteiger charge is -2.38. The number of aromatic amines is 1. The minimum atomic E-state index is -0.364. The molecule has 1 N–H and O–H groups in total. The Morgan fingerprint density at radius 1 is 1.03 bits per heavy atom. The average molecular weight is 488 g/mol. The number of nitrogens with zero attached hydrogens (tertiary/aromatic N) is 6. The van der Waals surface area contributed by atoms with E-state index in [4.69, 9.17) is 4.74 Å². The summed E-state index contributed by atoms with van der Waals surface area (Å²) in [6.45, 7) is 9.94. The average Bonchev–Trinajstić information content (AvgIpc) is 3.34. The van der Waals surface area contributed by atoms with Crippen LogP contribution in [0.5, 0.6) is 5.75 Å². The molecule has 0 radical (unpaired) electrons. The van der Waals surface area contributed by atoms with E-state index < -0.39 is 0 Å². The van der Waals surface area contributed by atoms with Crippen molar-refractivity contribution in [2.24, 2.45) is 0 Å². The van der Waals surface area contributed by atoms with Crippen molar-refractivity contribution in [2.75, 3.05) is 39.3 Å². The van der Waals surface area contributed by atoms with Gasteiger partial charge < -0.3 is 14.6 Å². The minimum absolute atomic E-state index is 0.123. The van der Waals surface area contributed by atoms with Crippen molar-refractivity contribution in [2.45, 2.75) is 32.9 Å². The maximum Gasteiger partial charge on any atom is 0.253 e. The van der Waals surface area contributed by atoms with Gasteiger partial charge in [-0.1, -0.05) is 37.3 Å². The summed E-state index contributed by atoms with van der Waals surface area (Å²) in [5.74, 6) is 1.45. The van der Waals surface area contributed by atoms with Gasteiger partial charge in [-0.25, -0.2) is 4.68 Å². The number of benzene rings is 2. The Labute approximate surface area is 210 Å². The van der Waals surface area contributed by atoms with Gasteiger partial charge in [0, 0.05) is 42.6 Å². The van der Waals surface area contributed by atoms with Crippen LogP contribution in [-0.4, -0.2) is 74.3 Å². The van der Waals surface area contributed by atoms with E-state index in [1.54, 1.807) is 0 Å². The first kappa shape index (κ1) is 24.1. The lowest BCUT2D eigenvalue weighted by Crippen LogP contribution is -2.49. The molecule has 1 aliphatic heterocycles.